The molecule has 3 rings (SSSR count). The smallest absolute Gasteiger partial charge is 0.0967 e. The van der Waals surface area contributed by atoms with Crippen molar-refractivity contribution in [2.75, 3.05) is 0 Å². The van der Waals surface area contributed by atoms with Crippen molar-refractivity contribution in [2.45, 2.75) is 18.9 Å². The normalized spacial score (nSPS) is 22.6. The van der Waals surface area contributed by atoms with E-state index in [1.807, 2.05) is 36.4 Å². The van der Waals surface area contributed by atoms with Gasteiger partial charge in [-0.25, -0.2) is 0 Å². The molecule has 0 aliphatic heterocycles. The van der Waals surface area contributed by atoms with Crippen LogP contribution in [0.2, 0.25) is 0 Å². The van der Waals surface area contributed by atoms with E-state index in [1.165, 1.54) is 0 Å². The Hall–Kier alpha value is -2.12. The van der Waals surface area contributed by atoms with E-state index in [9.17, 15) is 5.11 Å². The van der Waals surface area contributed by atoms with Crippen LogP contribution in [-0.4, -0.2) is 11.2 Å². The van der Waals surface area contributed by atoms with Crippen molar-refractivity contribution in [1.29, 1.82) is 0 Å². The highest BCUT2D eigenvalue weighted by Crippen LogP contribution is 2.32. The van der Waals surface area contributed by atoms with Gasteiger partial charge < -0.3 is 5.11 Å². The second-order valence-electron chi connectivity index (χ2n) is 5.16. The van der Waals surface area contributed by atoms with Gasteiger partial charge >= 0.3 is 0 Å². The van der Waals surface area contributed by atoms with Crippen molar-refractivity contribution in [3.63, 3.8) is 0 Å². The Kier molecular flexibility index (Phi) is 3.80. The van der Waals surface area contributed by atoms with Crippen LogP contribution in [0.5, 0.6) is 0 Å². The van der Waals surface area contributed by atoms with E-state index in [1.54, 1.807) is 0 Å². The first-order chi connectivity index (χ1) is 9.83. The Morgan fingerprint density at radius 2 is 1.10 bits per heavy atom. The summed E-state index contributed by atoms with van der Waals surface area (Å²) < 4.78 is 0. The lowest BCUT2D eigenvalue weighted by atomic mass is 10.1. The Labute approximate surface area is 119 Å². The predicted molar refractivity (Wildman–Crippen MR) is 84.1 cm³/mol. The summed E-state index contributed by atoms with van der Waals surface area (Å²) in [7, 11) is 0. The van der Waals surface area contributed by atoms with Gasteiger partial charge in [0.1, 0.15) is 0 Å². The van der Waals surface area contributed by atoms with Crippen LogP contribution in [0.1, 0.15) is 24.0 Å². The third-order valence-electron chi connectivity index (χ3n) is 3.71. The highest BCUT2D eigenvalue weighted by molar-refractivity contribution is 5.62. The zero-order chi connectivity index (χ0) is 13.8. The number of rotatable bonds is 2. The molecule has 1 heteroatoms. The molecule has 1 aliphatic rings. The van der Waals surface area contributed by atoms with E-state index in [2.05, 4.69) is 36.4 Å². The lowest BCUT2D eigenvalue weighted by Crippen LogP contribution is -2.04. The van der Waals surface area contributed by atoms with E-state index >= 15 is 0 Å². The molecule has 0 bridgehead atoms. The quantitative estimate of drug-likeness (QED) is 0.855. The fourth-order valence-electron chi connectivity index (χ4n) is 2.63. The summed E-state index contributed by atoms with van der Waals surface area (Å²) in [5, 5.41) is 10.4. The maximum absolute atomic E-state index is 10.4. The molecule has 0 spiro atoms. The lowest BCUT2D eigenvalue weighted by molar-refractivity contribution is 0.257. The second kappa shape index (κ2) is 5.89. The van der Waals surface area contributed by atoms with Crippen molar-refractivity contribution in [1.82, 2.24) is 0 Å². The standard InChI is InChI=1S/C19H18O/c20-19-17(13-15-7-3-1-4-8-15)11-12-18(19)14-16-9-5-2-6-10-16/h1-10,13-14,19-20H,11-12H2/b17-13+,18-14+. The van der Waals surface area contributed by atoms with Gasteiger partial charge in [-0.3, -0.25) is 0 Å². The number of aliphatic hydroxyl groups is 1. The first-order valence-electron chi connectivity index (χ1n) is 7.02. The van der Waals surface area contributed by atoms with Gasteiger partial charge in [-0.2, -0.15) is 0 Å². The number of hydrogen-bond acceptors (Lipinski definition) is 1. The van der Waals surface area contributed by atoms with Crippen LogP contribution < -0.4 is 0 Å². The summed E-state index contributed by atoms with van der Waals surface area (Å²) in [5.74, 6) is 0. The van der Waals surface area contributed by atoms with Crippen LogP contribution in [0.25, 0.3) is 12.2 Å². The molecule has 2 aromatic carbocycles. The molecule has 0 unspecified atom stereocenters. The van der Waals surface area contributed by atoms with Gasteiger partial charge in [-0.15, -0.1) is 0 Å². The van der Waals surface area contributed by atoms with Crippen LogP contribution >= 0.6 is 0 Å². The van der Waals surface area contributed by atoms with Gasteiger partial charge in [0.15, 0.2) is 0 Å². The van der Waals surface area contributed by atoms with Crippen LogP contribution in [0, 0.1) is 0 Å². The average Bonchev–Trinajstić information content (AvgIpc) is 2.83. The van der Waals surface area contributed by atoms with Crippen LogP contribution in [0.15, 0.2) is 71.8 Å². The minimum Gasteiger partial charge on any atom is -0.384 e. The Balaban J connectivity index is 1.83. The summed E-state index contributed by atoms with van der Waals surface area (Å²) >= 11 is 0. The van der Waals surface area contributed by atoms with Gasteiger partial charge in [0, 0.05) is 0 Å². The maximum atomic E-state index is 10.4. The summed E-state index contributed by atoms with van der Waals surface area (Å²) in [6.45, 7) is 0. The summed E-state index contributed by atoms with van der Waals surface area (Å²) in [5.41, 5.74) is 4.53. The minimum atomic E-state index is -0.435. The zero-order valence-electron chi connectivity index (χ0n) is 11.4. The molecule has 1 aliphatic carbocycles. The summed E-state index contributed by atoms with van der Waals surface area (Å²) in [6, 6.07) is 20.4. The Morgan fingerprint density at radius 1 is 0.700 bits per heavy atom. The van der Waals surface area contributed by atoms with Crippen LogP contribution in [0.4, 0.5) is 0 Å². The zero-order valence-corrected chi connectivity index (χ0v) is 11.4. The van der Waals surface area contributed by atoms with Gasteiger partial charge in [-0.1, -0.05) is 72.8 Å². The summed E-state index contributed by atoms with van der Waals surface area (Å²) in [6.07, 6.45) is 5.66. The largest absolute Gasteiger partial charge is 0.384 e. The molecule has 0 radical (unpaired) electrons. The minimum absolute atomic E-state index is 0.435. The predicted octanol–water partition coefficient (Wildman–Crippen LogP) is 4.31. The van der Waals surface area contributed by atoms with E-state index in [4.69, 9.17) is 0 Å². The van der Waals surface area contributed by atoms with Crippen LogP contribution in [-0.2, 0) is 0 Å². The molecule has 1 fully saturated rings. The third-order valence-corrected chi connectivity index (χ3v) is 3.71. The molecule has 20 heavy (non-hydrogen) atoms. The lowest BCUT2D eigenvalue weighted by Gasteiger charge is -2.07. The second-order valence-corrected chi connectivity index (χ2v) is 5.16. The monoisotopic (exact) mass is 262 g/mol. The number of benzene rings is 2. The van der Waals surface area contributed by atoms with Crippen molar-refractivity contribution in [2.24, 2.45) is 0 Å². The first-order valence-corrected chi connectivity index (χ1v) is 7.02. The van der Waals surface area contributed by atoms with Crippen molar-refractivity contribution >= 4 is 12.2 Å². The Bertz CT molecular complexity index is 566. The Morgan fingerprint density at radius 3 is 1.50 bits per heavy atom. The topological polar surface area (TPSA) is 20.2 Å². The van der Waals surface area contributed by atoms with E-state index < -0.39 is 6.10 Å². The molecule has 0 atom stereocenters. The molecule has 0 amide bonds. The molecule has 1 N–H and O–H groups in total. The van der Waals surface area contributed by atoms with Gasteiger partial charge in [0.05, 0.1) is 6.10 Å². The van der Waals surface area contributed by atoms with Gasteiger partial charge in [-0.05, 0) is 35.1 Å². The highest BCUT2D eigenvalue weighted by atomic mass is 16.3. The SMILES string of the molecule is OC1/C(=C/c2ccccc2)CC/C1=C\c1ccccc1. The average molecular weight is 262 g/mol. The van der Waals surface area contributed by atoms with Crippen molar-refractivity contribution < 1.29 is 5.11 Å². The van der Waals surface area contributed by atoms with E-state index in [-0.39, 0.29) is 0 Å². The van der Waals surface area contributed by atoms with Crippen molar-refractivity contribution in [3.05, 3.63) is 82.9 Å². The molecule has 0 heterocycles. The van der Waals surface area contributed by atoms with Gasteiger partial charge in [0.2, 0.25) is 0 Å². The van der Waals surface area contributed by atoms with E-state index in [0.29, 0.717) is 0 Å². The summed E-state index contributed by atoms with van der Waals surface area (Å²) in [4.78, 5) is 0. The molecular weight excluding hydrogens is 244 g/mol. The molecule has 1 saturated carbocycles. The first kappa shape index (κ1) is 12.9. The molecule has 0 saturated heterocycles. The van der Waals surface area contributed by atoms with Crippen molar-refractivity contribution in [3.8, 4) is 0 Å². The molecule has 2 aromatic rings. The molecule has 100 valence electrons. The third kappa shape index (κ3) is 2.89. The number of aliphatic hydroxyl groups excluding tert-OH is 1. The molecule has 1 nitrogen and oxygen atoms in total. The van der Waals surface area contributed by atoms with Gasteiger partial charge in [0.25, 0.3) is 0 Å². The number of hydrogen-bond donors (Lipinski definition) is 1. The molecule has 0 aromatic heterocycles. The highest BCUT2D eigenvalue weighted by Gasteiger charge is 2.23. The fraction of sp³-hybridized carbons (Fsp3) is 0.158. The van der Waals surface area contributed by atoms with Crippen LogP contribution in [0.3, 0.4) is 0 Å². The fourth-order valence-corrected chi connectivity index (χ4v) is 2.63. The molecular formula is C19H18O. The van der Waals surface area contributed by atoms with E-state index in [0.717, 1.165) is 35.1 Å². The maximum Gasteiger partial charge on any atom is 0.0967 e.